The van der Waals surface area contributed by atoms with Crippen LogP contribution in [0.4, 0.5) is 0 Å². The molecular formula is C17H23NO2. The Morgan fingerprint density at radius 1 is 1.20 bits per heavy atom. The van der Waals surface area contributed by atoms with Crippen molar-refractivity contribution < 1.29 is 9.15 Å². The van der Waals surface area contributed by atoms with Crippen molar-refractivity contribution in [3.05, 3.63) is 47.7 Å². The van der Waals surface area contributed by atoms with Gasteiger partial charge in [-0.1, -0.05) is 31.2 Å². The molecule has 2 rings (SSSR count). The Kier molecular flexibility index (Phi) is 5.39. The molecule has 0 bridgehead atoms. The van der Waals surface area contributed by atoms with E-state index in [9.17, 15) is 0 Å². The van der Waals surface area contributed by atoms with Crippen molar-refractivity contribution in [1.82, 2.24) is 5.32 Å². The van der Waals surface area contributed by atoms with Crippen molar-refractivity contribution in [1.29, 1.82) is 0 Å². The summed E-state index contributed by atoms with van der Waals surface area (Å²) in [4.78, 5) is 0. The monoisotopic (exact) mass is 273 g/mol. The number of rotatable bonds is 7. The fourth-order valence-electron chi connectivity index (χ4n) is 2.23. The summed E-state index contributed by atoms with van der Waals surface area (Å²) in [5.74, 6) is 1.87. The fourth-order valence-corrected chi connectivity index (χ4v) is 2.23. The maximum absolute atomic E-state index is 6.00. The molecule has 1 atom stereocenters. The molecule has 2 aromatic rings. The Bertz CT molecular complexity index is 533. The Balaban J connectivity index is 2.20. The summed E-state index contributed by atoms with van der Waals surface area (Å²) in [6, 6.07) is 12.5. The zero-order valence-corrected chi connectivity index (χ0v) is 12.5. The highest BCUT2D eigenvalue weighted by Gasteiger charge is 2.12. The lowest BCUT2D eigenvalue weighted by molar-refractivity contribution is 0.185. The number of methoxy groups -OCH3 is 1. The first-order valence-electron chi connectivity index (χ1n) is 7.16. The first-order valence-corrected chi connectivity index (χ1v) is 7.16. The highest BCUT2D eigenvalue weighted by atomic mass is 16.5. The summed E-state index contributed by atoms with van der Waals surface area (Å²) < 4.78 is 11.2. The van der Waals surface area contributed by atoms with Gasteiger partial charge in [0.05, 0.1) is 12.6 Å². The number of ether oxygens (including phenoxy) is 1. The fraction of sp³-hybridized carbons (Fsp3) is 0.412. The molecule has 0 fully saturated rings. The van der Waals surface area contributed by atoms with Gasteiger partial charge in [-0.2, -0.15) is 0 Å². The summed E-state index contributed by atoms with van der Waals surface area (Å²) >= 11 is 0. The number of nitrogens with one attached hydrogen (secondary N) is 1. The Morgan fingerprint density at radius 2 is 2.00 bits per heavy atom. The first kappa shape index (κ1) is 14.8. The van der Waals surface area contributed by atoms with Crippen LogP contribution in [0.3, 0.4) is 0 Å². The normalized spacial score (nSPS) is 12.6. The van der Waals surface area contributed by atoms with Crippen molar-refractivity contribution in [3.63, 3.8) is 0 Å². The topological polar surface area (TPSA) is 34.4 Å². The van der Waals surface area contributed by atoms with Crippen LogP contribution in [0.25, 0.3) is 11.3 Å². The van der Waals surface area contributed by atoms with Crippen molar-refractivity contribution in [2.24, 2.45) is 0 Å². The third-order valence-corrected chi connectivity index (χ3v) is 3.34. The molecule has 1 unspecified atom stereocenters. The second-order valence-electron chi connectivity index (χ2n) is 4.97. The van der Waals surface area contributed by atoms with E-state index < -0.39 is 0 Å². The van der Waals surface area contributed by atoms with Crippen LogP contribution in [0.1, 0.15) is 37.6 Å². The van der Waals surface area contributed by atoms with Gasteiger partial charge in [-0.15, -0.1) is 0 Å². The molecule has 1 heterocycles. The summed E-state index contributed by atoms with van der Waals surface area (Å²) in [5.41, 5.74) is 2.24. The van der Waals surface area contributed by atoms with E-state index in [1.807, 2.05) is 24.3 Å². The highest BCUT2D eigenvalue weighted by Crippen LogP contribution is 2.28. The van der Waals surface area contributed by atoms with E-state index in [1.54, 1.807) is 7.11 Å². The van der Waals surface area contributed by atoms with Crippen molar-refractivity contribution in [3.8, 4) is 11.3 Å². The highest BCUT2D eigenvalue weighted by molar-refractivity contribution is 5.62. The third kappa shape index (κ3) is 3.50. The third-order valence-electron chi connectivity index (χ3n) is 3.34. The predicted molar refractivity (Wildman–Crippen MR) is 81.6 cm³/mol. The van der Waals surface area contributed by atoms with Gasteiger partial charge < -0.3 is 14.5 Å². The number of furan rings is 1. The zero-order chi connectivity index (χ0) is 14.4. The molecule has 0 saturated heterocycles. The Morgan fingerprint density at radius 3 is 2.75 bits per heavy atom. The van der Waals surface area contributed by atoms with Crippen molar-refractivity contribution in [2.45, 2.75) is 32.9 Å². The van der Waals surface area contributed by atoms with Crippen LogP contribution in [0.15, 0.2) is 40.8 Å². The lowest BCUT2D eigenvalue weighted by atomic mass is 10.1. The minimum atomic E-state index is 0.235. The molecule has 3 nitrogen and oxygen atoms in total. The van der Waals surface area contributed by atoms with Gasteiger partial charge in [0.1, 0.15) is 11.5 Å². The minimum absolute atomic E-state index is 0.235. The van der Waals surface area contributed by atoms with Crippen molar-refractivity contribution >= 4 is 0 Å². The first-order chi connectivity index (χ1) is 9.76. The molecule has 0 aliphatic rings. The maximum atomic E-state index is 6.00. The molecule has 108 valence electrons. The Labute approximate surface area is 121 Å². The van der Waals surface area contributed by atoms with E-state index in [4.69, 9.17) is 9.15 Å². The van der Waals surface area contributed by atoms with Crippen LogP contribution >= 0.6 is 0 Å². The number of benzene rings is 1. The van der Waals surface area contributed by atoms with Crippen LogP contribution in [-0.2, 0) is 11.3 Å². The van der Waals surface area contributed by atoms with Gasteiger partial charge in [0, 0.05) is 12.7 Å². The quantitative estimate of drug-likeness (QED) is 0.822. The van der Waals surface area contributed by atoms with Gasteiger partial charge in [-0.25, -0.2) is 0 Å². The van der Waals surface area contributed by atoms with Gasteiger partial charge in [-0.3, -0.25) is 0 Å². The standard InChI is InChI=1S/C17H23NO2/c1-4-11-18-13(2)16-9-10-17(20-16)15-8-6-5-7-14(15)12-19-3/h5-10,13,18H,4,11-12H2,1-3H3. The van der Waals surface area contributed by atoms with Crippen LogP contribution in [-0.4, -0.2) is 13.7 Å². The SMILES string of the molecule is CCCNC(C)c1ccc(-c2ccccc2COC)o1. The average Bonchev–Trinajstić information content (AvgIpc) is 2.95. The van der Waals surface area contributed by atoms with E-state index in [2.05, 4.69) is 31.3 Å². The molecule has 1 aromatic heterocycles. The summed E-state index contributed by atoms with van der Waals surface area (Å²) in [5, 5.41) is 3.43. The predicted octanol–water partition coefficient (Wildman–Crippen LogP) is 4.15. The van der Waals surface area contributed by atoms with Crippen LogP contribution in [0.5, 0.6) is 0 Å². The zero-order valence-electron chi connectivity index (χ0n) is 12.5. The van der Waals surface area contributed by atoms with Gasteiger partial charge >= 0.3 is 0 Å². The molecule has 0 saturated carbocycles. The maximum Gasteiger partial charge on any atom is 0.134 e. The number of hydrogen-bond donors (Lipinski definition) is 1. The van der Waals surface area contributed by atoms with Crippen LogP contribution in [0.2, 0.25) is 0 Å². The molecule has 0 spiro atoms. The summed E-state index contributed by atoms with van der Waals surface area (Å²) in [6.07, 6.45) is 1.12. The van der Waals surface area contributed by atoms with E-state index in [1.165, 1.54) is 0 Å². The molecule has 0 aliphatic heterocycles. The van der Waals surface area contributed by atoms with Gasteiger partial charge in [0.25, 0.3) is 0 Å². The average molecular weight is 273 g/mol. The largest absolute Gasteiger partial charge is 0.459 e. The molecule has 0 amide bonds. The van der Waals surface area contributed by atoms with E-state index in [0.717, 1.165) is 35.6 Å². The van der Waals surface area contributed by atoms with E-state index in [0.29, 0.717) is 6.61 Å². The molecule has 3 heteroatoms. The minimum Gasteiger partial charge on any atom is -0.459 e. The molecule has 0 aliphatic carbocycles. The van der Waals surface area contributed by atoms with E-state index in [-0.39, 0.29) is 6.04 Å². The summed E-state index contributed by atoms with van der Waals surface area (Å²) in [6.45, 7) is 5.88. The van der Waals surface area contributed by atoms with Gasteiger partial charge in [0.2, 0.25) is 0 Å². The van der Waals surface area contributed by atoms with Crippen LogP contribution in [0, 0.1) is 0 Å². The number of hydrogen-bond acceptors (Lipinski definition) is 3. The summed E-state index contributed by atoms with van der Waals surface area (Å²) in [7, 11) is 1.71. The second-order valence-corrected chi connectivity index (χ2v) is 4.97. The molecule has 0 radical (unpaired) electrons. The Hall–Kier alpha value is -1.58. The molecule has 20 heavy (non-hydrogen) atoms. The lowest BCUT2D eigenvalue weighted by Gasteiger charge is -2.10. The smallest absolute Gasteiger partial charge is 0.134 e. The van der Waals surface area contributed by atoms with Gasteiger partial charge in [-0.05, 0) is 37.6 Å². The molecular weight excluding hydrogens is 250 g/mol. The van der Waals surface area contributed by atoms with Gasteiger partial charge in [0.15, 0.2) is 0 Å². The van der Waals surface area contributed by atoms with E-state index >= 15 is 0 Å². The van der Waals surface area contributed by atoms with Crippen LogP contribution < -0.4 is 5.32 Å². The van der Waals surface area contributed by atoms with Crippen molar-refractivity contribution in [2.75, 3.05) is 13.7 Å². The lowest BCUT2D eigenvalue weighted by Crippen LogP contribution is -2.18. The molecule has 1 N–H and O–H groups in total. The second kappa shape index (κ2) is 7.27. The molecule has 1 aromatic carbocycles.